The van der Waals surface area contributed by atoms with Crippen LogP contribution in [0.4, 0.5) is 17.1 Å². The van der Waals surface area contributed by atoms with Crippen LogP contribution in [0.25, 0.3) is 33.4 Å². The predicted octanol–water partition coefficient (Wildman–Crippen LogP) is 6.82. The molecule has 0 fully saturated rings. The Morgan fingerprint density at radius 3 is 1.19 bits per heavy atom. The molecule has 4 aromatic carbocycles. The zero-order valence-corrected chi connectivity index (χ0v) is 18.6. The number of benzene rings is 4. The van der Waals surface area contributed by atoms with Gasteiger partial charge in [-0.2, -0.15) is 0 Å². The van der Waals surface area contributed by atoms with E-state index in [0.717, 1.165) is 56.0 Å². The van der Waals surface area contributed by atoms with Crippen LogP contribution in [-0.4, -0.2) is 7.05 Å². The number of hydrogen-bond acceptors (Lipinski definition) is 3. The van der Waals surface area contributed by atoms with Gasteiger partial charge in [0.1, 0.15) is 0 Å². The predicted molar refractivity (Wildman–Crippen MR) is 135 cm³/mol. The van der Waals surface area contributed by atoms with Gasteiger partial charge in [-0.05, 0) is 125 Å². The van der Waals surface area contributed by atoms with Crippen molar-refractivity contribution in [3.05, 3.63) is 89.5 Å². The highest BCUT2D eigenvalue weighted by molar-refractivity contribution is 5.84. The van der Waals surface area contributed by atoms with E-state index in [1.54, 1.807) is 0 Å². The molecule has 31 heavy (non-hydrogen) atoms. The molecule has 0 spiro atoms. The summed E-state index contributed by atoms with van der Waals surface area (Å²) in [5.74, 6) is 0. The summed E-state index contributed by atoms with van der Waals surface area (Å²) in [7, 11) is 1.95. The number of nitrogens with one attached hydrogen (secondary N) is 1. The number of anilines is 3. The summed E-state index contributed by atoms with van der Waals surface area (Å²) in [5.41, 5.74) is 25.3. The Morgan fingerprint density at radius 1 is 0.452 bits per heavy atom. The molecule has 4 rings (SSSR count). The Labute approximate surface area is 184 Å². The second-order valence-corrected chi connectivity index (χ2v) is 8.40. The van der Waals surface area contributed by atoms with Crippen molar-refractivity contribution < 1.29 is 0 Å². The van der Waals surface area contributed by atoms with Crippen LogP contribution in [-0.2, 0) is 0 Å². The Hall–Kier alpha value is -3.72. The molecule has 3 nitrogen and oxygen atoms in total. The first-order chi connectivity index (χ1) is 14.8. The molecule has 156 valence electrons. The average molecular weight is 408 g/mol. The van der Waals surface area contributed by atoms with Crippen LogP contribution in [0, 0.1) is 20.8 Å². The van der Waals surface area contributed by atoms with Gasteiger partial charge < -0.3 is 16.8 Å². The topological polar surface area (TPSA) is 64.1 Å². The van der Waals surface area contributed by atoms with Crippen molar-refractivity contribution >= 4 is 17.1 Å². The highest BCUT2D eigenvalue weighted by Gasteiger charge is 2.10. The third-order valence-corrected chi connectivity index (χ3v) is 5.50. The van der Waals surface area contributed by atoms with Gasteiger partial charge in [0.15, 0.2) is 0 Å². The Kier molecular flexibility index (Phi) is 5.43. The van der Waals surface area contributed by atoms with E-state index in [-0.39, 0.29) is 0 Å². The van der Waals surface area contributed by atoms with Gasteiger partial charge in [-0.1, -0.05) is 18.2 Å². The van der Waals surface area contributed by atoms with Crippen molar-refractivity contribution in [2.24, 2.45) is 0 Å². The van der Waals surface area contributed by atoms with Crippen molar-refractivity contribution in [3.8, 4) is 33.4 Å². The molecular weight excluding hydrogens is 378 g/mol. The zero-order valence-electron chi connectivity index (χ0n) is 18.6. The lowest BCUT2D eigenvalue weighted by molar-refractivity contribution is 1.42. The molecule has 0 saturated heterocycles. The second kappa shape index (κ2) is 8.19. The average Bonchev–Trinajstić information content (AvgIpc) is 2.71. The van der Waals surface area contributed by atoms with E-state index in [1.165, 1.54) is 11.1 Å². The minimum atomic E-state index is 0.773. The van der Waals surface area contributed by atoms with Crippen molar-refractivity contribution in [2.45, 2.75) is 20.8 Å². The van der Waals surface area contributed by atoms with Crippen molar-refractivity contribution in [1.82, 2.24) is 0 Å². The van der Waals surface area contributed by atoms with Crippen molar-refractivity contribution in [1.29, 1.82) is 0 Å². The number of rotatable bonds is 4. The standard InChI is InChI=1S/C28H29N3/c1-17-5-20(14-26(29)8-17)23-11-24(21-6-18(2)9-27(30)15-21)13-25(12-23)22-7-19(3)10-28(16-22)31-4/h5-16,31H,29-30H2,1-4H3. The smallest absolute Gasteiger partial charge is 0.0346 e. The summed E-state index contributed by atoms with van der Waals surface area (Å²) in [5, 5.41) is 3.27. The molecule has 0 atom stereocenters. The fraction of sp³-hybridized carbons (Fsp3) is 0.143. The minimum Gasteiger partial charge on any atom is -0.399 e. The first-order valence-corrected chi connectivity index (χ1v) is 10.5. The third kappa shape index (κ3) is 4.56. The van der Waals surface area contributed by atoms with E-state index >= 15 is 0 Å². The molecule has 0 radical (unpaired) electrons. The Bertz CT molecular complexity index is 1160. The van der Waals surface area contributed by atoms with Gasteiger partial charge in [-0.3, -0.25) is 0 Å². The van der Waals surface area contributed by atoms with E-state index in [4.69, 9.17) is 11.5 Å². The molecule has 0 aliphatic heterocycles. The molecular formula is C28H29N3. The van der Waals surface area contributed by atoms with Gasteiger partial charge in [-0.25, -0.2) is 0 Å². The largest absolute Gasteiger partial charge is 0.399 e. The lowest BCUT2D eigenvalue weighted by Gasteiger charge is -2.14. The van der Waals surface area contributed by atoms with Crippen LogP contribution in [0.3, 0.4) is 0 Å². The van der Waals surface area contributed by atoms with Gasteiger partial charge >= 0.3 is 0 Å². The maximum atomic E-state index is 6.17. The number of nitrogen functional groups attached to an aromatic ring is 2. The molecule has 0 unspecified atom stereocenters. The van der Waals surface area contributed by atoms with Gasteiger partial charge in [-0.15, -0.1) is 0 Å². The van der Waals surface area contributed by atoms with E-state index in [0.29, 0.717) is 0 Å². The zero-order chi connectivity index (χ0) is 22.1. The second-order valence-electron chi connectivity index (χ2n) is 8.40. The quantitative estimate of drug-likeness (QED) is 0.325. The van der Waals surface area contributed by atoms with Gasteiger partial charge in [0.25, 0.3) is 0 Å². The summed E-state index contributed by atoms with van der Waals surface area (Å²) >= 11 is 0. The molecule has 0 heterocycles. The third-order valence-electron chi connectivity index (χ3n) is 5.50. The maximum absolute atomic E-state index is 6.17. The Morgan fingerprint density at radius 2 is 0.806 bits per heavy atom. The molecule has 0 aliphatic carbocycles. The van der Waals surface area contributed by atoms with Crippen molar-refractivity contribution in [2.75, 3.05) is 23.8 Å². The molecule has 0 bridgehead atoms. The highest BCUT2D eigenvalue weighted by Crippen LogP contribution is 2.35. The summed E-state index contributed by atoms with van der Waals surface area (Å²) in [4.78, 5) is 0. The lowest BCUT2D eigenvalue weighted by atomic mass is 9.91. The van der Waals surface area contributed by atoms with E-state index in [1.807, 2.05) is 31.3 Å². The van der Waals surface area contributed by atoms with Gasteiger partial charge in [0, 0.05) is 24.1 Å². The SMILES string of the molecule is CNc1cc(C)cc(-c2cc(-c3cc(C)cc(N)c3)cc(-c3cc(C)cc(N)c3)c2)c1. The summed E-state index contributed by atoms with van der Waals surface area (Å²) in [6.07, 6.45) is 0. The number of nitrogens with two attached hydrogens (primary N) is 2. The van der Waals surface area contributed by atoms with E-state index in [9.17, 15) is 0 Å². The van der Waals surface area contributed by atoms with Crippen LogP contribution in [0.2, 0.25) is 0 Å². The number of hydrogen-bond donors (Lipinski definition) is 3. The highest BCUT2D eigenvalue weighted by atomic mass is 14.8. The van der Waals surface area contributed by atoms with E-state index in [2.05, 4.69) is 74.6 Å². The summed E-state index contributed by atoms with van der Waals surface area (Å²) in [6.45, 7) is 6.27. The normalized spacial score (nSPS) is 10.8. The molecule has 3 heteroatoms. The first kappa shape index (κ1) is 20.5. The van der Waals surface area contributed by atoms with Crippen LogP contribution < -0.4 is 16.8 Å². The van der Waals surface area contributed by atoms with Crippen molar-refractivity contribution in [3.63, 3.8) is 0 Å². The summed E-state index contributed by atoms with van der Waals surface area (Å²) < 4.78 is 0. The summed E-state index contributed by atoms with van der Waals surface area (Å²) in [6, 6.07) is 25.7. The molecule has 4 aromatic rings. The molecule has 5 N–H and O–H groups in total. The first-order valence-electron chi connectivity index (χ1n) is 10.5. The molecule has 0 aliphatic rings. The molecule has 0 aromatic heterocycles. The van der Waals surface area contributed by atoms with Crippen LogP contribution in [0.5, 0.6) is 0 Å². The van der Waals surface area contributed by atoms with Crippen LogP contribution in [0.1, 0.15) is 16.7 Å². The monoisotopic (exact) mass is 407 g/mol. The van der Waals surface area contributed by atoms with Gasteiger partial charge in [0.2, 0.25) is 0 Å². The fourth-order valence-electron chi connectivity index (χ4n) is 4.18. The Balaban J connectivity index is 1.97. The molecule has 0 saturated carbocycles. The van der Waals surface area contributed by atoms with E-state index < -0.39 is 0 Å². The maximum Gasteiger partial charge on any atom is 0.0346 e. The van der Waals surface area contributed by atoms with Gasteiger partial charge in [0.05, 0.1) is 0 Å². The van der Waals surface area contributed by atoms with Crippen LogP contribution in [0.15, 0.2) is 72.8 Å². The fourth-order valence-corrected chi connectivity index (χ4v) is 4.18. The minimum absolute atomic E-state index is 0.773. The number of aryl methyl sites for hydroxylation is 3. The molecule has 0 amide bonds. The lowest BCUT2D eigenvalue weighted by Crippen LogP contribution is -1.93. The van der Waals surface area contributed by atoms with Crippen LogP contribution >= 0.6 is 0 Å².